The van der Waals surface area contributed by atoms with Gasteiger partial charge in [0, 0.05) is 38.8 Å². The molecule has 2 amide bonds. The van der Waals surface area contributed by atoms with E-state index in [9.17, 15) is 4.79 Å². The van der Waals surface area contributed by atoms with Gasteiger partial charge in [0.25, 0.3) is 0 Å². The van der Waals surface area contributed by atoms with Crippen molar-refractivity contribution in [2.75, 3.05) is 39.8 Å². The summed E-state index contributed by atoms with van der Waals surface area (Å²) < 4.78 is 5.16. The Labute approximate surface area is 151 Å². The SMILES string of the molecule is COc1ccc(CCNC(=O)N2CCN(C3CCCCC3)CC2)cc1. The van der Waals surface area contributed by atoms with Gasteiger partial charge in [-0.3, -0.25) is 4.90 Å². The monoisotopic (exact) mass is 345 g/mol. The second kappa shape index (κ2) is 9.09. The third kappa shape index (κ3) is 5.11. The highest BCUT2D eigenvalue weighted by Gasteiger charge is 2.26. The fourth-order valence-corrected chi connectivity index (χ4v) is 3.95. The van der Waals surface area contributed by atoms with E-state index in [1.165, 1.54) is 37.7 Å². The molecule has 0 atom stereocenters. The van der Waals surface area contributed by atoms with E-state index >= 15 is 0 Å². The van der Waals surface area contributed by atoms with Crippen LogP contribution in [0, 0.1) is 0 Å². The van der Waals surface area contributed by atoms with Gasteiger partial charge in [0.15, 0.2) is 0 Å². The molecule has 1 aliphatic carbocycles. The molecule has 25 heavy (non-hydrogen) atoms. The van der Waals surface area contributed by atoms with Crippen LogP contribution >= 0.6 is 0 Å². The maximum Gasteiger partial charge on any atom is 0.317 e. The Morgan fingerprint density at radius 3 is 2.40 bits per heavy atom. The lowest BCUT2D eigenvalue weighted by Gasteiger charge is -2.40. The minimum Gasteiger partial charge on any atom is -0.497 e. The lowest BCUT2D eigenvalue weighted by molar-refractivity contribution is 0.0907. The van der Waals surface area contributed by atoms with Crippen LogP contribution < -0.4 is 10.1 Å². The Morgan fingerprint density at radius 1 is 1.08 bits per heavy atom. The summed E-state index contributed by atoms with van der Waals surface area (Å²) >= 11 is 0. The van der Waals surface area contributed by atoms with Crippen LogP contribution in [-0.4, -0.2) is 61.7 Å². The van der Waals surface area contributed by atoms with Gasteiger partial charge in [-0.1, -0.05) is 31.4 Å². The quantitative estimate of drug-likeness (QED) is 0.892. The summed E-state index contributed by atoms with van der Waals surface area (Å²) in [6, 6.07) is 8.86. The maximum atomic E-state index is 12.3. The number of hydrogen-bond donors (Lipinski definition) is 1. The average molecular weight is 345 g/mol. The van der Waals surface area contributed by atoms with Crippen molar-refractivity contribution < 1.29 is 9.53 Å². The Bertz CT molecular complexity index is 532. The molecular formula is C20H31N3O2. The van der Waals surface area contributed by atoms with E-state index in [0.717, 1.165) is 44.4 Å². The number of carbonyl (C=O) groups is 1. The van der Waals surface area contributed by atoms with Gasteiger partial charge in [-0.2, -0.15) is 0 Å². The van der Waals surface area contributed by atoms with Crippen molar-refractivity contribution in [3.63, 3.8) is 0 Å². The number of piperazine rings is 1. The van der Waals surface area contributed by atoms with Crippen molar-refractivity contribution in [2.45, 2.75) is 44.6 Å². The molecule has 1 aromatic carbocycles. The van der Waals surface area contributed by atoms with Crippen LogP contribution in [-0.2, 0) is 6.42 Å². The van der Waals surface area contributed by atoms with E-state index in [0.29, 0.717) is 6.54 Å². The smallest absolute Gasteiger partial charge is 0.317 e. The molecule has 1 heterocycles. The predicted molar refractivity (Wildman–Crippen MR) is 100 cm³/mol. The highest BCUT2D eigenvalue weighted by molar-refractivity contribution is 5.74. The molecule has 0 radical (unpaired) electrons. The van der Waals surface area contributed by atoms with Crippen molar-refractivity contribution >= 4 is 6.03 Å². The van der Waals surface area contributed by atoms with Crippen LogP contribution in [0.25, 0.3) is 0 Å². The number of ether oxygens (including phenoxy) is 1. The van der Waals surface area contributed by atoms with Crippen LogP contribution in [0.15, 0.2) is 24.3 Å². The molecule has 0 unspecified atom stereocenters. The summed E-state index contributed by atoms with van der Waals surface area (Å²) in [6.07, 6.45) is 7.67. The maximum absolute atomic E-state index is 12.3. The molecular weight excluding hydrogens is 314 g/mol. The summed E-state index contributed by atoms with van der Waals surface area (Å²) in [5.41, 5.74) is 1.21. The van der Waals surface area contributed by atoms with Crippen molar-refractivity contribution in [3.05, 3.63) is 29.8 Å². The van der Waals surface area contributed by atoms with Crippen molar-refractivity contribution in [1.29, 1.82) is 0 Å². The molecule has 0 aromatic heterocycles. The first-order chi connectivity index (χ1) is 12.3. The zero-order valence-electron chi connectivity index (χ0n) is 15.4. The van der Waals surface area contributed by atoms with Gasteiger partial charge < -0.3 is 15.0 Å². The Morgan fingerprint density at radius 2 is 1.76 bits per heavy atom. The molecule has 0 bridgehead atoms. The van der Waals surface area contributed by atoms with Crippen LogP contribution in [0.2, 0.25) is 0 Å². The van der Waals surface area contributed by atoms with E-state index in [1.807, 2.05) is 29.2 Å². The van der Waals surface area contributed by atoms with Gasteiger partial charge in [0.2, 0.25) is 0 Å². The third-order valence-corrected chi connectivity index (χ3v) is 5.54. The van der Waals surface area contributed by atoms with E-state index in [1.54, 1.807) is 7.11 Å². The lowest BCUT2D eigenvalue weighted by Crippen LogP contribution is -2.54. The van der Waals surface area contributed by atoms with Crippen LogP contribution in [0.1, 0.15) is 37.7 Å². The molecule has 1 N–H and O–H groups in total. The van der Waals surface area contributed by atoms with Crippen LogP contribution in [0.5, 0.6) is 5.75 Å². The van der Waals surface area contributed by atoms with E-state index in [4.69, 9.17) is 4.74 Å². The Kier molecular flexibility index (Phi) is 6.56. The van der Waals surface area contributed by atoms with Gasteiger partial charge in [-0.25, -0.2) is 4.79 Å². The predicted octanol–water partition coefficient (Wildman–Crippen LogP) is 2.90. The summed E-state index contributed by atoms with van der Waals surface area (Å²) in [6.45, 7) is 4.43. The number of hydrogen-bond acceptors (Lipinski definition) is 3. The molecule has 1 aliphatic heterocycles. The van der Waals surface area contributed by atoms with E-state index in [-0.39, 0.29) is 6.03 Å². The minimum atomic E-state index is 0.0804. The minimum absolute atomic E-state index is 0.0804. The fraction of sp³-hybridized carbons (Fsp3) is 0.650. The largest absolute Gasteiger partial charge is 0.497 e. The van der Waals surface area contributed by atoms with E-state index in [2.05, 4.69) is 10.2 Å². The first kappa shape index (κ1) is 18.1. The number of nitrogens with one attached hydrogen (secondary N) is 1. The third-order valence-electron chi connectivity index (χ3n) is 5.54. The van der Waals surface area contributed by atoms with Gasteiger partial charge in [-0.15, -0.1) is 0 Å². The number of urea groups is 1. The molecule has 5 nitrogen and oxygen atoms in total. The lowest BCUT2D eigenvalue weighted by atomic mass is 9.94. The number of nitrogens with zero attached hydrogens (tertiary/aromatic N) is 2. The Balaban J connectivity index is 1.36. The van der Waals surface area contributed by atoms with Crippen LogP contribution in [0.4, 0.5) is 4.79 Å². The second-order valence-electron chi connectivity index (χ2n) is 7.14. The first-order valence-corrected chi connectivity index (χ1v) is 9.66. The van der Waals surface area contributed by atoms with Gasteiger partial charge in [0.1, 0.15) is 5.75 Å². The van der Waals surface area contributed by atoms with Gasteiger partial charge >= 0.3 is 6.03 Å². The highest BCUT2D eigenvalue weighted by atomic mass is 16.5. The van der Waals surface area contributed by atoms with Crippen molar-refractivity contribution in [2.24, 2.45) is 0 Å². The van der Waals surface area contributed by atoms with Crippen LogP contribution in [0.3, 0.4) is 0 Å². The molecule has 3 rings (SSSR count). The van der Waals surface area contributed by atoms with Gasteiger partial charge in [-0.05, 0) is 37.0 Å². The standard InChI is InChI=1S/C20H31N3O2/c1-25-19-9-7-17(8-10-19)11-12-21-20(24)23-15-13-22(14-16-23)18-5-3-2-4-6-18/h7-10,18H,2-6,11-16H2,1H3,(H,21,24). The zero-order chi connectivity index (χ0) is 17.5. The average Bonchev–Trinajstić information content (AvgIpc) is 2.69. The molecule has 1 aromatic rings. The Hall–Kier alpha value is -1.75. The number of amides is 2. The molecule has 0 spiro atoms. The summed E-state index contributed by atoms with van der Waals surface area (Å²) in [7, 11) is 1.67. The van der Waals surface area contributed by atoms with E-state index < -0.39 is 0 Å². The molecule has 5 heteroatoms. The summed E-state index contributed by atoms with van der Waals surface area (Å²) in [4.78, 5) is 16.9. The molecule has 2 fully saturated rings. The molecule has 1 saturated heterocycles. The van der Waals surface area contributed by atoms with Crippen molar-refractivity contribution in [3.8, 4) is 5.75 Å². The topological polar surface area (TPSA) is 44.8 Å². The fourth-order valence-electron chi connectivity index (χ4n) is 3.95. The summed E-state index contributed by atoms with van der Waals surface area (Å²) in [5.74, 6) is 0.864. The molecule has 1 saturated carbocycles. The molecule has 2 aliphatic rings. The van der Waals surface area contributed by atoms with Crippen molar-refractivity contribution in [1.82, 2.24) is 15.1 Å². The number of carbonyl (C=O) groups excluding carboxylic acids is 1. The summed E-state index contributed by atoms with van der Waals surface area (Å²) in [5, 5.41) is 3.06. The zero-order valence-corrected chi connectivity index (χ0v) is 15.4. The van der Waals surface area contributed by atoms with Gasteiger partial charge in [0.05, 0.1) is 7.11 Å². The molecule has 138 valence electrons. The highest BCUT2D eigenvalue weighted by Crippen LogP contribution is 2.23. The first-order valence-electron chi connectivity index (χ1n) is 9.66. The number of benzene rings is 1. The second-order valence-corrected chi connectivity index (χ2v) is 7.14. The normalized spacial score (nSPS) is 19.6. The number of methoxy groups -OCH3 is 1. The number of rotatable bonds is 5.